The van der Waals surface area contributed by atoms with Gasteiger partial charge in [-0.1, -0.05) is 26.0 Å². The van der Waals surface area contributed by atoms with Gasteiger partial charge in [0.05, 0.1) is 12.7 Å². The van der Waals surface area contributed by atoms with Gasteiger partial charge >= 0.3 is 0 Å². The first-order chi connectivity index (χ1) is 11.1. The number of carbonyl (C=O) groups is 1. The number of aromatic nitrogens is 1. The second-order valence-corrected chi connectivity index (χ2v) is 5.74. The van der Waals surface area contributed by atoms with E-state index in [0.29, 0.717) is 18.0 Å². The summed E-state index contributed by atoms with van der Waals surface area (Å²) in [5, 5.41) is 6.11. The third kappa shape index (κ3) is 5.29. The summed E-state index contributed by atoms with van der Waals surface area (Å²) >= 11 is 0. The summed E-state index contributed by atoms with van der Waals surface area (Å²) in [6.07, 6.45) is 1.59. The number of rotatable bonds is 7. The summed E-state index contributed by atoms with van der Waals surface area (Å²) in [4.78, 5) is 16.4. The molecule has 0 saturated carbocycles. The third-order valence-corrected chi connectivity index (χ3v) is 3.33. The van der Waals surface area contributed by atoms with Crippen molar-refractivity contribution in [2.24, 2.45) is 5.92 Å². The molecule has 0 spiro atoms. The number of ether oxygens (including phenoxy) is 1. The molecule has 1 heterocycles. The fraction of sp³-hybridized carbons (Fsp3) is 0.333. The number of amides is 1. The number of anilines is 1. The standard InChI is InChI=1S/C18H23N3O2/c1-13(2)10-19-17-9-6-15(12-20-17)18(22)21-11-14-4-7-16(23-3)8-5-14/h4-9,12-13H,10-11H2,1-3H3,(H,19,20)(H,21,22). The lowest BCUT2D eigenvalue weighted by Crippen LogP contribution is -2.23. The van der Waals surface area contributed by atoms with E-state index in [1.165, 1.54) is 0 Å². The van der Waals surface area contributed by atoms with Gasteiger partial charge in [0.1, 0.15) is 11.6 Å². The molecule has 0 aliphatic rings. The molecule has 2 aromatic rings. The number of hydrogen-bond donors (Lipinski definition) is 2. The maximum Gasteiger partial charge on any atom is 0.253 e. The van der Waals surface area contributed by atoms with Gasteiger partial charge in [-0.15, -0.1) is 0 Å². The molecule has 0 aliphatic carbocycles. The number of benzene rings is 1. The van der Waals surface area contributed by atoms with Crippen LogP contribution < -0.4 is 15.4 Å². The van der Waals surface area contributed by atoms with E-state index < -0.39 is 0 Å². The van der Waals surface area contributed by atoms with Crippen molar-refractivity contribution in [3.05, 3.63) is 53.7 Å². The molecule has 2 N–H and O–H groups in total. The van der Waals surface area contributed by atoms with Crippen molar-refractivity contribution >= 4 is 11.7 Å². The maximum absolute atomic E-state index is 12.1. The highest BCUT2D eigenvalue weighted by atomic mass is 16.5. The van der Waals surface area contributed by atoms with E-state index in [0.717, 1.165) is 23.7 Å². The Labute approximate surface area is 137 Å². The molecular weight excluding hydrogens is 290 g/mol. The van der Waals surface area contributed by atoms with Crippen LogP contribution in [0.4, 0.5) is 5.82 Å². The third-order valence-electron chi connectivity index (χ3n) is 3.33. The molecule has 0 aliphatic heterocycles. The monoisotopic (exact) mass is 313 g/mol. The van der Waals surface area contributed by atoms with Gasteiger partial charge in [-0.2, -0.15) is 0 Å². The van der Waals surface area contributed by atoms with E-state index in [1.807, 2.05) is 30.3 Å². The van der Waals surface area contributed by atoms with Crippen LogP contribution >= 0.6 is 0 Å². The van der Waals surface area contributed by atoms with Gasteiger partial charge in [-0.25, -0.2) is 4.98 Å². The highest BCUT2D eigenvalue weighted by molar-refractivity contribution is 5.94. The molecule has 0 bridgehead atoms. The Hall–Kier alpha value is -2.56. The van der Waals surface area contributed by atoms with E-state index in [2.05, 4.69) is 29.5 Å². The van der Waals surface area contributed by atoms with Crippen LogP contribution in [-0.4, -0.2) is 24.5 Å². The molecule has 122 valence electrons. The smallest absolute Gasteiger partial charge is 0.253 e. The summed E-state index contributed by atoms with van der Waals surface area (Å²) in [5.41, 5.74) is 1.57. The summed E-state index contributed by atoms with van der Waals surface area (Å²) < 4.78 is 5.11. The van der Waals surface area contributed by atoms with E-state index >= 15 is 0 Å². The summed E-state index contributed by atoms with van der Waals surface area (Å²) in [6, 6.07) is 11.2. The zero-order chi connectivity index (χ0) is 16.7. The van der Waals surface area contributed by atoms with Crippen molar-refractivity contribution in [2.75, 3.05) is 19.0 Å². The first-order valence-electron chi connectivity index (χ1n) is 7.69. The number of hydrogen-bond acceptors (Lipinski definition) is 4. The molecular formula is C18H23N3O2. The molecule has 0 fully saturated rings. The van der Waals surface area contributed by atoms with Gasteiger partial charge < -0.3 is 15.4 Å². The Morgan fingerprint density at radius 3 is 2.48 bits per heavy atom. The maximum atomic E-state index is 12.1. The van der Waals surface area contributed by atoms with Gasteiger partial charge in [-0.3, -0.25) is 4.79 Å². The molecule has 0 radical (unpaired) electrons. The second kappa shape index (κ2) is 8.17. The van der Waals surface area contributed by atoms with Crippen molar-refractivity contribution in [2.45, 2.75) is 20.4 Å². The number of methoxy groups -OCH3 is 1. The Morgan fingerprint density at radius 2 is 1.91 bits per heavy atom. The Morgan fingerprint density at radius 1 is 1.17 bits per heavy atom. The summed E-state index contributed by atoms with van der Waals surface area (Å²) in [7, 11) is 1.63. The Kier molecular flexibility index (Phi) is 5.97. The largest absolute Gasteiger partial charge is 0.497 e. The van der Waals surface area contributed by atoms with Crippen LogP contribution in [0.25, 0.3) is 0 Å². The first-order valence-corrected chi connectivity index (χ1v) is 7.69. The van der Waals surface area contributed by atoms with Crippen molar-refractivity contribution in [1.82, 2.24) is 10.3 Å². The van der Waals surface area contributed by atoms with Crippen LogP contribution in [0, 0.1) is 5.92 Å². The topological polar surface area (TPSA) is 63.2 Å². The average Bonchev–Trinajstić information content (AvgIpc) is 2.58. The predicted octanol–water partition coefficient (Wildman–Crippen LogP) is 3.09. The van der Waals surface area contributed by atoms with Gasteiger partial charge in [0.15, 0.2) is 0 Å². The molecule has 0 unspecified atom stereocenters. The molecule has 1 amide bonds. The van der Waals surface area contributed by atoms with Crippen LogP contribution in [0.2, 0.25) is 0 Å². The lowest BCUT2D eigenvalue weighted by molar-refractivity contribution is 0.0950. The molecule has 5 heteroatoms. The van der Waals surface area contributed by atoms with Gasteiger partial charge in [0.25, 0.3) is 5.91 Å². The van der Waals surface area contributed by atoms with Gasteiger partial charge in [0.2, 0.25) is 0 Å². The van der Waals surface area contributed by atoms with Crippen molar-refractivity contribution in [3.8, 4) is 5.75 Å². The number of nitrogens with one attached hydrogen (secondary N) is 2. The zero-order valence-corrected chi connectivity index (χ0v) is 13.8. The van der Waals surface area contributed by atoms with E-state index in [9.17, 15) is 4.79 Å². The predicted molar refractivity (Wildman–Crippen MR) is 91.7 cm³/mol. The first kappa shape index (κ1) is 16.8. The van der Waals surface area contributed by atoms with Crippen molar-refractivity contribution in [1.29, 1.82) is 0 Å². The molecule has 2 rings (SSSR count). The van der Waals surface area contributed by atoms with Crippen LogP contribution in [0.15, 0.2) is 42.6 Å². The summed E-state index contributed by atoms with van der Waals surface area (Å²) in [5.74, 6) is 1.99. The quantitative estimate of drug-likeness (QED) is 0.824. The average molecular weight is 313 g/mol. The lowest BCUT2D eigenvalue weighted by atomic mass is 10.2. The normalized spacial score (nSPS) is 10.4. The zero-order valence-electron chi connectivity index (χ0n) is 13.8. The minimum atomic E-state index is -0.135. The van der Waals surface area contributed by atoms with E-state index in [1.54, 1.807) is 19.4 Å². The lowest BCUT2D eigenvalue weighted by Gasteiger charge is -2.09. The fourth-order valence-corrected chi connectivity index (χ4v) is 1.97. The van der Waals surface area contributed by atoms with Crippen LogP contribution in [0.1, 0.15) is 29.8 Å². The second-order valence-electron chi connectivity index (χ2n) is 5.74. The highest BCUT2D eigenvalue weighted by Gasteiger charge is 2.06. The van der Waals surface area contributed by atoms with E-state index in [-0.39, 0.29) is 5.91 Å². The molecule has 0 atom stereocenters. The minimum Gasteiger partial charge on any atom is -0.497 e. The summed E-state index contributed by atoms with van der Waals surface area (Å²) in [6.45, 7) is 5.59. The van der Waals surface area contributed by atoms with Crippen LogP contribution in [-0.2, 0) is 6.54 Å². The SMILES string of the molecule is COc1ccc(CNC(=O)c2ccc(NCC(C)C)nc2)cc1. The van der Waals surface area contributed by atoms with E-state index in [4.69, 9.17) is 4.74 Å². The van der Waals surface area contributed by atoms with Gasteiger partial charge in [-0.05, 0) is 35.7 Å². The molecule has 1 aromatic heterocycles. The van der Waals surface area contributed by atoms with Crippen LogP contribution in [0.5, 0.6) is 5.75 Å². The number of carbonyl (C=O) groups excluding carboxylic acids is 1. The highest BCUT2D eigenvalue weighted by Crippen LogP contribution is 2.11. The number of nitrogens with zero attached hydrogens (tertiary/aromatic N) is 1. The Balaban J connectivity index is 1.87. The molecule has 23 heavy (non-hydrogen) atoms. The van der Waals surface area contributed by atoms with Crippen molar-refractivity contribution in [3.63, 3.8) is 0 Å². The number of pyridine rings is 1. The van der Waals surface area contributed by atoms with Crippen molar-refractivity contribution < 1.29 is 9.53 Å². The van der Waals surface area contributed by atoms with Crippen LogP contribution in [0.3, 0.4) is 0 Å². The molecule has 0 saturated heterocycles. The molecule has 1 aromatic carbocycles. The van der Waals surface area contributed by atoms with Gasteiger partial charge in [0, 0.05) is 19.3 Å². The Bertz CT molecular complexity index is 622. The fourth-order valence-electron chi connectivity index (χ4n) is 1.97. The molecule has 5 nitrogen and oxygen atoms in total. The minimum absolute atomic E-state index is 0.135.